The third kappa shape index (κ3) is 4.02. The first-order valence-electron chi connectivity index (χ1n) is 11.0. The maximum absolute atomic E-state index is 13.1. The number of allylic oxidation sites excluding steroid dienone is 1. The van der Waals surface area contributed by atoms with Crippen LogP contribution in [0.5, 0.6) is 0 Å². The molecule has 9 nitrogen and oxygen atoms in total. The van der Waals surface area contributed by atoms with Crippen molar-refractivity contribution in [3.8, 4) is 0 Å². The van der Waals surface area contributed by atoms with Crippen molar-refractivity contribution >= 4 is 46.1 Å². The van der Waals surface area contributed by atoms with Crippen molar-refractivity contribution in [2.24, 2.45) is 0 Å². The van der Waals surface area contributed by atoms with E-state index in [0.29, 0.717) is 16.9 Å². The number of para-hydroxylation sites is 2. The summed E-state index contributed by atoms with van der Waals surface area (Å²) in [4.78, 5) is 22.5. The molecule has 3 heterocycles. The molecule has 0 bridgehead atoms. The van der Waals surface area contributed by atoms with Crippen LogP contribution >= 0.6 is 11.6 Å². The van der Waals surface area contributed by atoms with Crippen molar-refractivity contribution in [1.29, 1.82) is 0 Å². The molecule has 2 aromatic heterocycles. The van der Waals surface area contributed by atoms with Crippen LogP contribution in [0, 0.1) is 0 Å². The lowest BCUT2D eigenvalue weighted by atomic mass is 10.0. The van der Waals surface area contributed by atoms with E-state index in [1.807, 2.05) is 78.9 Å². The fraction of sp³-hybridized carbons (Fsp3) is 0.0800. The molecule has 5 aromatic rings. The minimum Gasteiger partial charge on any atom is -0.324 e. The number of fused-ring (bicyclic) bond motifs is 2. The van der Waals surface area contributed by atoms with Gasteiger partial charge in [-0.1, -0.05) is 71.3 Å². The van der Waals surface area contributed by atoms with Gasteiger partial charge in [0.15, 0.2) is 0 Å². The Labute approximate surface area is 205 Å². The monoisotopic (exact) mass is 482 g/mol. The predicted octanol–water partition coefficient (Wildman–Crippen LogP) is 4.29. The lowest BCUT2D eigenvalue weighted by Gasteiger charge is -2.32. The number of hydrogen-bond acceptors (Lipinski definition) is 6. The molecule has 10 heteroatoms. The minimum atomic E-state index is -0.262. The van der Waals surface area contributed by atoms with Gasteiger partial charge in [0.05, 0.1) is 16.7 Å². The van der Waals surface area contributed by atoms with E-state index in [0.717, 1.165) is 27.9 Å². The Balaban J connectivity index is 1.36. The third-order valence-electron chi connectivity index (χ3n) is 5.82. The smallest absolute Gasteiger partial charge is 0.251 e. The van der Waals surface area contributed by atoms with Crippen molar-refractivity contribution in [3.63, 3.8) is 0 Å². The van der Waals surface area contributed by atoms with Gasteiger partial charge in [-0.2, -0.15) is 4.68 Å². The van der Waals surface area contributed by atoms with E-state index >= 15 is 0 Å². The van der Waals surface area contributed by atoms with Gasteiger partial charge in [0.2, 0.25) is 11.9 Å². The molecule has 172 valence electrons. The van der Waals surface area contributed by atoms with Crippen LogP contribution in [-0.4, -0.2) is 42.6 Å². The molecule has 0 saturated carbocycles. The van der Waals surface area contributed by atoms with Crippen LogP contribution in [0.2, 0.25) is 5.02 Å². The van der Waals surface area contributed by atoms with E-state index in [9.17, 15) is 4.79 Å². The van der Waals surface area contributed by atoms with Gasteiger partial charge in [0, 0.05) is 5.02 Å². The van der Waals surface area contributed by atoms with Crippen LogP contribution < -0.4 is 10.2 Å². The molecule has 1 atom stereocenters. The molecular formula is C25H19ClN8O. The molecule has 1 amide bonds. The van der Waals surface area contributed by atoms with Crippen LogP contribution in [0.25, 0.3) is 16.7 Å². The van der Waals surface area contributed by atoms with Crippen LogP contribution in [0.1, 0.15) is 17.2 Å². The van der Waals surface area contributed by atoms with Gasteiger partial charge in [-0.25, -0.2) is 4.98 Å². The number of nitrogens with one attached hydrogen (secondary N) is 2. The van der Waals surface area contributed by atoms with Crippen molar-refractivity contribution in [2.75, 3.05) is 16.8 Å². The second-order valence-electron chi connectivity index (χ2n) is 8.07. The summed E-state index contributed by atoms with van der Waals surface area (Å²) in [6.07, 6.45) is 2.05. The van der Waals surface area contributed by atoms with E-state index in [1.54, 1.807) is 9.58 Å². The van der Waals surface area contributed by atoms with Gasteiger partial charge in [-0.05, 0) is 51.9 Å². The van der Waals surface area contributed by atoms with Gasteiger partial charge in [0.25, 0.3) is 5.95 Å². The number of H-pyrrole nitrogens is 1. The second kappa shape index (κ2) is 8.69. The van der Waals surface area contributed by atoms with Gasteiger partial charge in [-0.3, -0.25) is 15.0 Å². The summed E-state index contributed by atoms with van der Waals surface area (Å²) >= 11 is 6.10. The SMILES string of the molecule is O=C(CN1C(c2ccccc2)=C[C@@H](c2ccc(Cl)cc2)n2nnnc21)Nc1nc2ccccc2[nH]1. The Hall–Kier alpha value is -4.50. The van der Waals surface area contributed by atoms with Crippen LogP contribution in [0.3, 0.4) is 0 Å². The Morgan fingerprint density at radius 1 is 1.00 bits per heavy atom. The number of rotatable bonds is 5. The molecule has 35 heavy (non-hydrogen) atoms. The third-order valence-corrected chi connectivity index (χ3v) is 6.07. The summed E-state index contributed by atoms with van der Waals surface area (Å²) in [5.41, 5.74) is 4.37. The van der Waals surface area contributed by atoms with Crippen molar-refractivity contribution in [1.82, 2.24) is 30.2 Å². The van der Waals surface area contributed by atoms with Crippen molar-refractivity contribution in [3.05, 3.63) is 101 Å². The normalized spacial score (nSPS) is 15.1. The summed E-state index contributed by atoms with van der Waals surface area (Å²) < 4.78 is 1.70. The van der Waals surface area contributed by atoms with Crippen molar-refractivity contribution < 1.29 is 4.79 Å². The number of benzene rings is 3. The zero-order valence-electron chi connectivity index (χ0n) is 18.3. The molecular weight excluding hydrogens is 464 g/mol. The Morgan fingerprint density at radius 3 is 2.57 bits per heavy atom. The highest BCUT2D eigenvalue weighted by atomic mass is 35.5. The number of anilines is 2. The van der Waals surface area contributed by atoms with Gasteiger partial charge >= 0.3 is 0 Å². The fourth-order valence-corrected chi connectivity index (χ4v) is 4.33. The number of tetrazole rings is 1. The quantitative estimate of drug-likeness (QED) is 0.387. The molecule has 3 aromatic carbocycles. The molecule has 1 aliphatic rings. The molecule has 6 rings (SSSR count). The summed E-state index contributed by atoms with van der Waals surface area (Å²) in [5.74, 6) is 0.591. The number of imidazole rings is 1. The van der Waals surface area contributed by atoms with Crippen LogP contribution in [-0.2, 0) is 4.79 Å². The standard InChI is InChI=1S/C25H19ClN8O/c26-18-12-10-17(11-13-18)22-14-21(16-6-2-1-3-7-16)33(25-30-31-32-34(22)25)15-23(35)29-24-27-19-8-4-5-9-20(19)28-24/h1-14,22H,15H2,(H2,27,28,29,35)/t22-/m0/s1. The van der Waals surface area contributed by atoms with Gasteiger partial charge in [-0.15, -0.1) is 0 Å². The first-order chi connectivity index (χ1) is 17.2. The fourth-order valence-electron chi connectivity index (χ4n) is 4.21. The molecule has 0 spiro atoms. The average Bonchev–Trinajstić information content (AvgIpc) is 3.52. The van der Waals surface area contributed by atoms with Gasteiger partial charge < -0.3 is 4.98 Å². The maximum atomic E-state index is 13.1. The molecule has 1 aliphatic heterocycles. The van der Waals surface area contributed by atoms with E-state index in [2.05, 4.69) is 36.9 Å². The summed E-state index contributed by atoms with van der Waals surface area (Å²) in [7, 11) is 0. The summed E-state index contributed by atoms with van der Waals surface area (Å²) in [5, 5.41) is 15.9. The first-order valence-corrected chi connectivity index (χ1v) is 11.4. The molecule has 0 aliphatic carbocycles. The van der Waals surface area contributed by atoms with E-state index in [1.165, 1.54) is 0 Å². The molecule has 0 saturated heterocycles. The number of amides is 1. The highest BCUT2D eigenvalue weighted by Crippen LogP contribution is 2.36. The van der Waals surface area contributed by atoms with E-state index in [-0.39, 0.29) is 18.5 Å². The predicted molar refractivity (Wildman–Crippen MR) is 134 cm³/mol. The highest BCUT2D eigenvalue weighted by Gasteiger charge is 2.32. The lowest BCUT2D eigenvalue weighted by molar-refractivity contribution is -0.114. The lowest BCUT2D eigenvalue weighted by Crippen LogP contribution is -2.37. The largest absolute Gasteiger partial charge is 0.324 e. The van der Waals surface area contributed by atoms with Crippen LogP contribution in [0.4, 0.5) is 11.9 Å². The molecule has 0 radical (unpaired) electrons. The van der Waals surface area contributed by atoms with Gasteiger partial charge in [0.1, 0.15) is 12.6 Å². The average molecular weight is 483 g/mol. The highest BCUT2D eigenvalue weighted by molar-refractivity contribution is 6.30. The number of carbonyl (C=O) groups is 1. The number of aromatic nitrogens is 6. The van der Waals surface area contributed by atoms with E-state index < -0.39 is 0 Å². The topological polar surface area (TPSA) is 105 Å². The first kappa shape index (κ1) is 21.1. The zero-order valence-corrected chi connectivity index (χ0v) is 19.1. The Kier molecular flexibility index (Phi) is 5.23. The van der Waals surface area contributed by atoms with Crippen molar-refractivity contribution in [2.45, 2.75) is 6.04 Å². The molecule has 0 unspecified atom stereocenters. The number of nitrogens with zero attached hydrogens (tertiary/aromatic N) is 6. The number of aromatic amines is 1. The van der Waals surface area contributed by atoms with Crippen LogP contribution in [0.15, 0.2) is 84.9 Å². The second-order valence-corrected chi connectivity index (χ2v) is 8.51. The van der Waals surface area contributed by atoms with E-state index in [4.69, 9.17) is 11.6 Å². The summed E-state index contributed by atoms with van der Waals surface area (Å²) in [6.45, 7) is -0.00845. The Morgan fingerprint density at radius 2 is 1.77 bits per heavy atom. The number of carbonyl (C=O) groups excluding carboxylic acids is 1. The summed E-state index contributed by atoms with van der Waals surface area (Å²) in [6, 6.07) is 24.8. The molecule has 0 fully saturated rings. The maximum Gasteiger partial charge on any atom is 0.251 e. The molecule has 2 N–H and O–H groups in total. The zero-order chi connectivity index (χ0) is 23.8. The minimum absolute atomic E-state index is 0.00845. The number of hydrogen-bond donors (Lipinski definition) is 2. The number of halogens is 1. The Bertz CT molecular complexity index is 1510.